The molecular formula is C10H18N6. The molecule has 0 radical (unpaired) electrons. The second-order valence-corrected chi connectivity index (χ2v) is 5.02. The number of aromatic nitrogens is 3. The number of rotatable bonds is 2. The molecule has 5 N–H and O–H groups in total. The summed E-state index contributed by atoms with van der Waals surface area (Å²) in [4.78, 5) is 0. The molecular weight excluding hydrogens is 204 g/mol. The Hall–Kier alpha value is -1.30. The van der Waals surface area contributed by atoms with Crippen LogP contribution in [0.3, 0.4) is 0 Å². The molecule has 1 aromatic rings. The first kappa shape index (κ1) is 9.89. The number of nitrogens with one attached hydrogen (secondary N) is 1. The molecule has 3 rings (SSSR count). The number of nitrogen functional groups attached to an aromatic ring is 2. The zero-order chi connectivity index (χ0) is 11.1. The van der Waals surface area contributed by atoms with Crippen LogP contribution >= 0.6 is 0 Å². The van der Waals surface area contributed by atoms with Crippen molar-refractivity contribution in [3.63, 3.8) is 0 Å². The van der Waals surface area contributed by atoms with Gasteiger partial charge in [0, 0.05) is 18.5 Å². The van der Waals surface area contributed by atoms with Crippen LogP contribution in [0.25, 0.3) is 0 Å². The van der Waals surface area contributed by atoms with E-state index >= 15 is 0 Å². The first-order chi connectivity index (χ1) is 7.72. The number of nitrogens with two attached hydrogens (primary N) is 2. The van der Waals surface area contributed by atoms with Crippen molar-refractivity contribution in [1.29, 1.82) is 0 Å². The number of nitrogens with zero attached hydrogens (tertiary/aromatic N) is 3. The van der Waals surface area contributed by atoms with Crippen LogP contribution in [0.1, 0.15) is 31.5 Å². The van der Waals surface area contributed by atoms with Crippen molar-refractivity contribution < 1.29 is 0 Å². The van der Waals surface area contributed by atoms with Crippen molar-refractivity contribution in [2.24, 2.45) is 5.92 Å². The average molecular weight is 222 g/mol. The van der Waals surface area contributed by atoms with Gasteiger partial charge in [-0.2, -0.15) is 0 Å². The number of anilines is 1. The van der Waals surface area contributed by atoms with Crippen molar-refractivity contribution in [3.05, 3.63) is 5.82 Å². The minimum Gasteiger partial charge on any atom is -0.366 e. The molecule has 16 heavy (non-hydrogen) atoms. The maximum absolute atomic E-state index is 5.76. The van der Waals surface area contributed by atoms with Crippen LogP contribution in [0.15, 0.2) is 0 Å². The van der Waals surface area contributed by atoms with Crippen LogP contribution in [0, 0.1) is 5.92 Å². The normalized spacial score (nSPS) is 33.1. The SMILES string of the molecule is Nc1nnc(CC2CC3CCC(C2)N3)n1N. The lowest BCUT2D eigenvalue weighted by molar-refractivity contribution is 0.294. The molecule has 6 heteroatoms. The van der Waals surface area contributed by atoms with Crippen LogP contribution in [0.4, 0.5) is 5.95 Å². The van der Waals surface area contributed by atoms with Crippen molar-refractivity contribution >= 4 is 5.95 Å². The molecule has 2 bridgehead atoms. The fourth-order valence-corrected chi connectivity index (χ4v) is 3.08. The topological polar surface area (TPSA) is 94.8 Å². The second-order valence-electron chi connectivity index (χ2n) is 5.02. The molecule has 0 spiro atoms. The first-order valence-electron chi connectivity index (χ1n) is 5.93. The molecule has 2 atom stereocenters. The van der Waals surface area contributed by atoms with Gasteiger partial charge < -0.3 is 16.9 Å². The smallest absolute Gasteiger partial charge is 0.240 e. The van der Waals surface area contributed by atoms with Crippen molar-refractivity contribution in [2.45, 2.75) is 44.2 Å². The van der Waals surface area contributed by atoms with Crippen LogP contribution in [-0.4, -0.2) is 27.0 Å². The lowest BCUT2D eigenvalue weighted by atomic mass is 9.89. The molecule has 2 aliphatic rings. The molecule has 0 saturated carbocycles. The van der Waals surface area contributed by atoms with Crippen LogP contribution in [0.2, 0.25) is 0 Å². The van der Waals surface area contributed by atoms with Crippen LogP contribution < -0.4 is 16.9 Å². The Morgan fingerprint density at radius 1 is 1.25 bits per heavy atom. The molecule has 0 aromatic carbocycles. The lowest BCUT2D eigenvalue weighted by Gasteiger charge is -2.28. The summed E-state index contributed by atoms with van der Waals surface area (Å²) >= 11 is 0. The molecule has 3 heterocycles. The number of hydrogen-bond acceptors (Lipinski definition) is 5. The third-order valence-electron chi connectivity index (χ3n) is 3.83. The largest absolute Gasteiger partial charge is 0.366 e. The van der Waals surface area contributed by atoms with Gasteiger partial charge in [0.1, 0.15) is 0 Å². The lowest BCUT2D eigenvalue weighted by Crippen LogP contribution is -2.39. The van der Waals surface area contributed by atoms with Crippen molar-refractivity contribution in [1.82, 2.24) is 20.2 Å². The summed E-state index contributed by atoms with van der Waals surface area (Å²) in [6.45, 7) is 0. The van der Waals surface area contributed by atoms with Gasteiger partial charge in [0.05, 0.1) is 0 Å². The van der Waals surface area contributed by atoms with Gasteiger partial charge in [0.25, 0.3) is 0 Å². The third-order valence-corrected chi connectivity index (χ3v) is 3.83. The number of piperidine rings is 1. The van der Waals surface area contributed by atoms with Gasteiger partial charge in [-0.05, 0) is 31.6 Å². The highest BCUT2D eigenvalue weighted by Crippen LogP contribution is 2.32. The van der Waals surface area contributed by atoms with E-state index in [1.54, 1.807) is 0 Å². The maximum Gasteiger partial charge on any atom is 0.240 e. The summed E-state index contributed by atoms with van der Waals surface area (Å²) in [7, 11) is 0. The van der Waals surface area contributed by atoms with Gasteiger partial charge >= 0.3 is 0 Å². The Bertz CT molecular complexity index is 375. The monoisotopic (exact) mass is 222 g/mol. The van der Waals surface area contributed by atoms with Gasteiger partial charge in [-0.3, -0.25) is 0 Å². The zero-order valence-electron chi connectivity index (χ0n) is 9.26. The molecule has 0 amide bonds. The summed E-state index contributed by atoms with van der Waals surface area (Å²) < 4.78 is 1.41. The fraction of sp³-hybridized carbons (Fsp3) is 0.800. The summed E-state index contributed by atoms with van der Waals surface area (Å²) in [5, 5.41) is 11.4. The Morgan fingerprint density at radius 2 is 1.94 bits per heavy atom. The van der Waals surface area contributed by atoms with Crippen LogP contribution in [-0.2, 0) is 6.42 Å². The summed E-state index contributed by atoms with van der Waals surface area (Å²) in [5.41, 5.74) is 5.56. The standard InChI is InChI=1S/C10H18N6/c11-10-15-14-9(16(10)12)5-6-3-7-1-2-8(4-6)13-7/h6-8,13H,1-5,12H2,(H2,11,15). The van der Waals surface area contributed by atoms with E-state index in [9.17, 15) is 0 Å². The Balaban J connectivity index is 1.69. The molecule has 2 unspecified atom stereocenters. The van der Waals surface area contributed by atoms with E-state index in [4.69, 9.17) is 11.6 Å². The molecule has 88 valence electrons. The van der Waals surface area contributed by atoms with Crippen molar-refractivity contribution in [3.8, 4) is 0 Å². The van der Waals surface area contributed by atoms with Gasteiger partial charge in [-0.1, -0.05) is 0 Å². The van der Waals surface area contributed by atoms with E-state index in [0.29, 0.717) is 23.9 Å². The average Bonchev–Trinajstić information content (AvgIpc) is 2.76. The molecule has 2 fully saturated rings. The number of fused-ring (bicyclic) bond motifs is 2. The highest BCUT2D eigenvalue weighted by molar-refractivity contribution is 5.17. The minimum absolute atomic E-state index is 0.298. The second kappa shape index (κ2) is 3.62. The Kier molecular flexibility index (Phi) is 2.24. The highest BCUT2D eigenvalue weighted by atomic mass is 15.4. The van der Waals surface area contributed by atoms with Gasteiger partial charge in [-0.25, -0.2) is 4.68 Å². The maximum atomic E-state index is 5.76. The van der Waals surface area contributed by atoms with E-state index in [2.05, 4.69) is 15.5 Å². The fourth-order valence-electron chi connectivity index (χ4n) is 3.08. The highest BCUT2D eigenvalue weighted by Gasteiger charge is 2.33. The van der Waals surface area contributed by atoms with E-state index in [-0.39, 0.29) is 0 Å². The third kappa shape index (κ3) is 1.63. The minimum atomic E-state index is 0.298. The first-order valence-corrected chi connectivity index (χ1v) is 5.93. The molecule has 2 saturated heterocycles. The Labute approximate surface area is 94.4 Å². The quantitative estimate of drug-likeness (QED) is 0.594. The van der Waals surface area contributed by atoms with Crippen LogP contribution in [0.5, 0.6) is 0 Å². The Morgan fingerprint density at radius 3 is 2.50 bits per heavy atom. The summed E-state index contributed by atoms with van der Waals surface area (Å²) in [5.74, 6) is 7.53. The summed E-state index contributed by atoms with van der Waals surface area (Å²) in [6.07, 6.45) is 5.99. The van der Waals surface area contributed by atoms with Gasteiger partial charge in [-0.15, -0.1) is 10.2 Å². The number of hydrogen-bond donors (Lipinski definition) is 3. The van der Waals surface area contributed by atoms with E-state index < -0.39 is 0 Å². The van der Waals surface area contributed by atoms with Crippen molar-refractivity contribution in [2.75, 3.05) is 11.6 Å². The van der Waals surface area contributed by atoms with E-state index in [1.807, 2.05) is 0 Å². The van der Waals surface area contributed by atoms with E-state index in [0.717, 1.165) is 12.2 Å². The molecule has 0 aliphatic carbocycles. The predicted octanol–water partition coefficient (Wildman–Crippen LogP) is -0.353. The predicted molar refractivity (Wildman–Crippen MR) is 61.0 cm³/mol. The zero-order valence-corrected chi connectivity index (χ0v) is 9.26. The van der Waals surface area contributed by atoms with Gasteiger partial charge in [0.2, 0.25) is 5.95 Å². The molecule has 1 aromatic heterocycles. The molecule has 6 nitrogen and oxygen atoms in total. The van der Waals surface area contributed by atoms with Gasteiger partial charge in [0.15, 0.2) is 5.82 Å². The molecule has 2 aliphatic heterocycles. The van der Waals surface area contributed by atoms with E-state index in [1.165, 1.54) is 30.4 Å². The summed E-state index contributed by atoms with van der Waals surface area (Å²) in [6, 6.07) is 1.41.